The summed E-state index contributed by atoms with van der Waals surface area (Å²) in [6.45, 7) is 10.6. The van der Waals surface area contributed by atoms with Gasteiger partial charge in [-0.15, -0.1) is 24.0 Å². The van der Waals surface area contributed by atoms with Crippen molar-refractivity contribution in [2.24, 2.45) is 4.99 Å². The van der Waals surface area contributed by atoms with Crippen LogP contribution >= 0.6 is 24.0 Å². The maximum Gasteiger partial charge on any atom is 0.191 e. The van der Waals surface area contributed by atoms with Gasteiger partial charge >= 0.3 is 0 Å². The second-order valence-corrected chi connectivity index (χ2v) is 7.66. The van der Waals surface area contributed by atoms with E-state index in [-0.39, 0.29) is 30.1 Å². The van der Waals surface area contributed by atoms with Crippen molar-refractivity contribution >= 4 is 29.9 Å². The van der Waals surface area contributed by atoms with Gasteiger partial charge in [0.2, 0.25) is 0 Å². The number of hydrogen-bond acceptors (Lipinski definition) is 5. The number of methoxy groups -OCH3 is 1. The van der Waals surface area contributed by atoms with Crippen molar-refractivity contribution in [3.63, 3.8) is 0 Å². The average molecular weight is 534 g/mol. The predicted octanol–water partition coefficient (Wildman–Crippen LogP) is 2.79. The average Bonchev–Trinajstić information content (AvgIpc) is 3.53. The summed E-state index contributed by atoms with van der Waals surface area (Å²) in [7, 11) is 1.75. The smallest absolute Gasteiger partial charge is 0.191 e. The molecule has 0 radical (unpaired) electrons. The zero-order chi connectivity index (χ0) is 21.1. The van der Waals surface area contributed by atoms with Crippen LogP contribution in [0.5, 0.6) is 5.75 Å². The fraction of sp³-hybridized carbons (Fsp3) is 0.682. The molecule has 30 heavy (non-hydrogen) atoms. The number of nitrogens with one attached hydrogen (secondary N) is 2. The van der Waals surface area contributed by atoms with Gasteiger partial charge < -0.3 is 25.2 Å². The number of aliphatic imine (C=N–C) groups is 1. The minimum atomic E-state index is -0.650. The van der Waals surface area contributed by atoms with Crippen LogP contribution in [0, 0.1) is 0 Å². The summed E-state index contributed by atoms with van der Waals surface area (Å²) in [4.78, 5) is 7.02. The molecule has 1 atom stereocenters. The molecule has 172 valence electrons. The fourth-order valence-electron chi connectivity index (χ4n) is 3.11. The first-order valence-electron chi connectivity index (χ1n) is 10.7. The first-order chi connectivity index (χ1) is 14.0. The summed E-state index contributed by atoms with van der Waals surface area (Å²) in [6, 6.07) is 8.26. The lowest BCUT2D eigenvalue weighted by Gasteiger charge is -2.22. The number of guanidine groups is 1. The van der Waals surface area contributed by atoms with E-state index < -0.39 is 6.10 Å². The Labute approximate surface area is 198 Å². The third kappa shape index (κ3) is 10.3. The minimum absolute atomic E-state index is 0. The van der Waals surface area contributed by atoms with E-state index in [9.17, 15) is 5.11 Å². The summed E-state index contributed by atoms with van der Waals surface area (Å²) in [6.07, 6.45) is 2.05. The Morgan fingerprint density at radius 2 is 1.90 bits per heavy atom. The highest BCUT2D eigenvalue weighted by Gasteiger charge is 2.28. The van der Waals surface area contributed by atoms with Crippen LogP contribution in [-0.2, 0) is 4.74 Å². The van der Waals surface area contributed by atoms with Crippen molar-refractivity contribution in [1.82, 2.24) is 15.5 Å². The SMILES string of the molecule is CCNC(=NCC(O)c1ccc(OC(C)C)cc1)NCCN(CCOC)C1CC1.I. The van der Waals surface area contributed by atoms with Crippen LogP contribution < -0.4 is 15.4 Å². The molecule has 7 nitrogen and oxygen atoms in total. The van der Waals surface area contributed by atoms with E-state index >= 15 is 0 Å². The van der Waals surface area contributed by atoms with Gasteiger partial charge in [-0.05, 0) is 51.3 Å². The van der Waals surface area contributed by atoms with E-state index in [1.165, 1.54) is 12.8 Å². The third-order valence-electron chi connectivity index (χ3n) is 4.74. The Kier molecular flexibility index (Phi) is 13.3. The molecule has 0 heterocycles. The van der Waals surface area contributed by atoms with Gasteiger partial charge in [-0.3, -0.25) is 9.89 Å². The Morgan fingerprint density at radius 3 is 2.47 bits per heavy atom. The molecule has 1 aliphatic carbocycles. The summed E-state index contributed by atoms with van der Waals surface area (Å²) in [5.74, 6) is 1.54. The van der Waals surface area contributed by atoms with Gasteiger partial charge in [0.25, 0.3) is 0 Å². The van der Waals surface area contributed by atoms with Crippen molar-refractivity contribution in [3.05, 3.63) is 29.8 Å². The fourth-order valence-corrected chi connectivity index (χ4v) is 3.11. The number of aliphatic hydroxyl groups is 1. The van der Waals surface area contributed by atoms with Gasteiger partial charge in [-0.2, -0.15) is 0 Å². The summed E-state index contributed by atoms with van der Waals surface area (Å²) < 4.78 is 10.9. The van der Waals surface area contributed by atoms with Crippen molar-refractivity contribution in [1.29, 1.82) is 0 Å². The number of ether oxygens (including phenoxy) is 2. The Bertz CT molecular complexity index is 609. The van der Waals surface area contributed by atoms with Crippen molar-refractivity contribution < 1.29 is 14.6 Å². The monoisotopic (exact) mass is 534 g/mol. The second kappa shape index (κ2) is 14.8. The number of rotatable bonds is 13. The van der Waals surface area contributed by atoms with Gasteiger partial charge in [0.15, 0.2) is 5.96 Å². The molecule has 1 aliphatic rings. The van der Waals surface area contributed by atoms with Crippen LogP contribution in [0.25, 0.3) is 0 Å². The molecule has 2 rings (SSSR count). The van der Waals surface area contributed by atoms with E-state index in [0.29, 0.717) is 12.6 Å². The molecule has 0 aromatic heterocycles. The molecule has 0 aliphatic heterocycles. The minimum Gasteiger partial charge on any atom is -0.491 e. The van der Waals surface area contributed by atoms with E-state index in [4.69, 9.17) is 9.47 Å². The van der Waals surface area contributed by atoms with Crippen LogP contribution in [0.3, 0.4) is 0 Å². The van der Waals surface area contributed by atoms with Crippen molar-refractivity contribution in [2.45, 2.75) is 51.9 Å². The van der Waals surface area contributed by atoms with Gasteiger partial charge in [0, 0.05) is 39.3 Å². The normalized spacial score (nSPS) is 15.1. The summed E-state index contributed by atoms with van der Waals surface area (Å²) >= 11 is 0. The molecule has 8 heteroatoms. The first kappa shape index (κ1) is 26.9. The number of hydrogen-bond donors (Lipinski definition) is 3. The lowest BCUT2D eigenvalue weighted by atomic mass is 10.1. The zero-order valence-corrected chi connectivity index (χ0v) is 21.1. The molecule has 1 aromatic carbocycles. The molecule has 1 unspecified atom stereocenters. The number of halogens is 1. The van der Waals surface area contributed by atoms with E-state index in [2.05, 4.69) is 20.5 Å². The van der Waals surface area contributed by atoms with Gasteiger partial charge in [-0.25, -0.2) is 0 Å². The molecule has 1 aromatic rings. The lowest BCUT2D eigenvalue weighted by Crippen LogP contribution is -2.43. The van der Waals surface area contributed by atoms with Crippen LogP contribution in [-0.4, -0.2) is 74.6 Å². The molecular weight excluding hydrogens is 495 g/mol. The largest absolute Gasteiger partial charge is 0.491 e. The first-order valence-corrected chi connectivity index (χ1v) is 10.7. The summed E-state index contributed by atoms with van der Waals surface area (Å²) in [5.41, 5.74) is 0.833. The quantitative estimate of drug-likeness (QED) is 0.205. The van der Waals surface area contributed by atoms with E-state index in [1.54, 1.807) is 7.11 Å². The maximum atomic E-state index is 10.5. The van der Waals surface area contributed by atoms with E-state index in [0.717, 1.165) is 50.1 Å². The molecule has 0 amide bonds. The van der Waals surface area contributed by atoms with Gasteiger partial charge in [-0.1, -0.05) is 12.1 Å². The Hall–Kier alpha value is -1.10. The Morgan fingerprint density at radius 1 is 1.20 bits per heavy atom. The molecular formula is C22H39IN4O3. The molecule has 0 spiro atoms. The molecule has 1 saturated carbocycles. The predicted molar refractivity (Wildman–Crippen MR) is 133 cm³/mol. The maximum absolute atomic E-state index is 10.5. The van der Waals surface area contributed by atoms with Crippen LogP contribution in [0.2, 0.25) is 0 Å². The molecule has 0 saturated heterocycles. The van der Waals surface area contributed by atoms with Crippen molar-refractivity contribution in [3.8, 4) is 5.75 Å². The number of benzene rings is 1. The topological polar surface area (TPSA) is 78.4 Å². The van der Waals surface area contributed by atoms with Crippen LogP contribution in [0.1, 0.15) is 45.3 Å². The van der Waals surface area contributed by atoms with Gasteiger partial charge in [0.1, 0.15) is 5.75 Å². The standard InChI is InChI=1S/C22H38N4O3.HI/c1-5-23-22(24-12-13-26(14-15-28-4)19-8-9-19)25-16-21(27)18-6-10-20(11-7-18)29-17(2)3;/h6-7,10-11,17,19,21,27H,5,8-9,12-16H2,1-4H3,(H2,23,24,25);1H. The van der Waals surface area contributed by atoms with Gasteiger partial charge in [0.05, 0.1) is 25.4 Å². The highest BCUT2D eigenvalue weighted by atomic mass is 127. The zero-order valence-electron chi connectivity index (χ0n) is 18.8. The number of nitrogens with zero attached hydrogens (tertiary/aromatic N) is 2. The molecule has 1 fully saturated rings. The van der Waals surface area contributed by atoms with Crippen molar-refractivity contribution in [2.75, 3.05) is 46.4 Å². The van der Waals surface area contributed by atoms with Crippen LogP contribution in [0.4, 0.5) is 0 Å². The van der Waals surface area contributed by atoms with E-state index in [1.807, 2.05) is 45.0 Å². The second-order valence-electron chi connectivity index (χ2n) is 7.66. The van der Waals surface area contributed by atoms with Crippen LogP contribution in [0.15, 0.2) is 29.3 Å². The highest BCUT2D eigenvalue weighted by molar-refractivity contribution is 14.0. The highest BCUT2D eigenvalue weighted by Crippen LogP contribution is 2.26. The molecule has 0 bridgehead atoms. The summed E-state index contributed by atoms with van der Waals surface area (Å²) in [5, 5.41) is 17.1. The molecule has 3 N–H and O–H groups in total. The number of aliphatic hydroxyl groups excluding tert-OH is 1. The lowest BCUT2D eigenvalue weighted by molar-refractivity contribution is 0.144. The third-order valence-corrected chi connectivity index (χ3v) is 4.74. The Balaban J connectivity index is 0.00000450.